The molecule has 0 saturated heterocycles. The fraction of sp³-hybridized carbons (Fsp3) is 0.385. The van der Waals surface area contributed by atoms with Gasteiger partial charge in [0, 0.05) is 5.69 Å². The van der Waals surface area contributed by atoms with Gasteiger partial charge < -0.3 is 16.4 Å². The summed E-state index contributed by atoms with van der Waals surface area (Å²) in [7, 11) is 0. The molecular weight excluding hydrogens is 266 g/mol. The second kappa shape index (κ2) is 5.19. The van der Waals surface area contributed by atoms with E-state index in [1.165, 1.54) is 0 Å². The number of halogens is 1. The summed E-state index contributed by atoms with van der Waals surface area (Å²) in [5.41, 5.74) is 7.77. The average Bonchev–Trinajstić information content (AvgIpc) is 2.67. The van der Waals surface area contributed by atoms with E-state index < -0.39 is 6.04 Å². The summed E-state index contributed by atoms with van der Waals surface area (Å²) in [5, 5.41) is 5.78. The van der Waals surface area contributed by atoms with Crippen LogP contribution < -0.4 is 16.4 Å². The third kappa shape index (κ3) is 2.88. The van der Waals surface area contributed by atoms with Gasteiger partial charge >= 0.3 is 0 Å². The number of hydrogen-bond donors (Lipinski definition) is 3. The number of nitrogens with one attached hydrogen (secondary N) is 2. The summed E-state index contributed by atoms with van der Waals surface area (Å²) in [5.74, 6) is -0.320. The van der Waals surface area contributed by atoms with Gasteiger partial charge in [-0.15, -0.1) is 0 Å². The van der Waals surface area contributed by atoms with Gasteiger partial charge in [-0.25, -0.2) is 0 Å². The highest BCUT2D eigenvalue weighted by Gasteiger charge is 2.22. The molecule has 0 aromatic heterocycles. The molecule has 1 atom stereocenters. The molecule has 6 heteroatoms. The fourth-order valence-electron chi connectivity index (χ4n) is 1.86. The van der Waals surface area contributed by atoms with E-state index in [-0.39, 0.29) is 17.7 Å². The summed E-state index contributed by atoms with van der Waals surface area (Å²) < 4.78 is 0. The number of carbonyl (C=O) groups excluding carboxylic acids is 2. The lowest BCUT2D eigenvalue weighted by molar-refractivity contribution is -0.118. The zero-order valence-corrected chi connectivity index (χ0v) is 11.5. The number of carbonyl (C=O) groups is 2. The molecule has 1 aliphatic rings. The van der Waals surface area contributed by atoms with E-state index in [0.717, 1.165) is 5.56 Å². The Bertz CT molecular complexity index is 543. The molecule has 1 aromatic rings. The van der Waals surface area contributed by atoms with Crippen molar-refractivity contribution in [2.75, 3.05) is 10.6 Å². The van der Waals surface area contributed by atoms with Crippen LogP contribution in [0.4, 0.5) is 11.4 Å². The lowest BCUT2D eigenvalue weighted by atomic mass is 10.0. The highest BCUT2D eigenvalue weighted by molar-refractivity contribution is 6.34. The maximum Gasteiger partial charge on any atom is 0.241 e. The highest BCUT2D eigenvalue weighted by atomic mass is 35.5. The molecule has 0 spiro atoms. The minimum atomic E-state index is -0.593. The molecule has 1 aromatic carbocycles. The maximum absolute atomic E-state index is 11.9. The molecule has 0 unspecified atom stereocenters. The SMILES string of the molecule is CC(C)[C@@H](N)C(=O)Nc1cc2c(cc1Cl)NC(=O)C2. The van der Waals surface area contributed by atoms with Gasteiger partial charge in [0.25, 0.3) is 0 Å². The highest BCUT2D eigenvalue weighted by Crippen LogP contribution is 2.32. The molecule has 0 bridgehead atoms. The molecule has 0 saturated carbocycles. The zero-order chi connectivity index (χ0) is 14.2. The predicted octanol–water partition coefficient (Wildman–Crippen LogP) is 1.76. The van der Waals surface area contributed by atoms with Crippen LogP contribution in [-0.4, -0.2) is 17.9 Å². The normalized spacial score (nSPS) is 15.1. The Morgan fingerprint density at radius 1 is 1.47 bits per heavy atom. The van der Waals surface area contributed by atoms with Crippen molar-refractivity contribution < 1.29 is 9.59 Å². The van der Waals surface area contributed by atoms with E-state index >= 15 is 0 Å². The smallest absolute Gasteiger partial charge is 0.241 e. The Labute approximate surface area is 116 Å². The first-order valence-electron chi connectivity index (χ1n) is 6.07. The number of amides is 2. The first-order valence-corrected chi connectivity index (χ1v) is 6.45. The van der Waals surface area contributed by atoms with E-state index in [9.17, 15) is 9.59 Å². The van der Waals surface area contributed by atoms with Crippen molar-refractivity contribution >= 4 is 34.8 Å². The molecule has 4 N–H and O–H groups in total. The lowest BCUT2D eigenvalue weighted by Crippen LogP contribution is -2.39. The number of benzene rings is 1. The van der Waals surface area contributed by atoms with Gasteiger partial charge in [-0.2, -0.15) is 0 Å². The van der Waals surface area contributed by atoms with Crippen LogP contribution in [0.2, 0.25) is 5.02 Å². The number of hydrogen-bond acceptors (Lipinski definition) is 3. The summed E-state index contributed by atoms with van der Waals surface area (Å²) in [4.78, 5) is 23.2. The van der Waals surface area contributed by atoms with Crippen LogP contribution in [-0.2, 0) is 16.0 Å². The van der Waals surface area contributed by atoms with Gasteiger partial charge in [-0.3, -0.25) is 9.59 Å². The van der Waals surface area contributed by atoms with Gasteiger partial charge in [-0.1, -0.05) is 25.4 Å². The largest absolute Gasteiger partial charge is 0.325 e. The van der Waals surface area contributed by atoms with Gasteiger partial charge in [-0.05, 0) is 23.6 Å². The van der Waals surface area contributed by atoms with Crippen molar-refractivity contribution in [3.05, 3.63) is 22.7 Å². The van der Waals surface area contributed by atoms with Gasteiger partial charge in [0.2, 0.25) is 11.8 Å². The molecule has 0 aliphatic carbocycles. The van der Waals surface area contributed by atoms with E-state index in [4.69, 9.17) is 17.3 Å². The standard InChI is InChI=1S/C13H16ClN3O2/c1-6(2)12(15)13(19)17-10-3-7-4-11(18)16-9(7)5-8(10)14/h3,5-6,12H,4,15H2,1-2H3,(H,16,18)(H,17,19)/t12-/m1/s1. The van der Waals surface area contributed by atoms with Crippen LogP contribution in [0.25, 0.3) is 0 Å². The van der Waals surface area contributed by atoms with Crippen LogP contribution in [0.1, 0.15) is 19.4 Å². The monoisotopic (exact) mass is 281 g/mol. The predicted molar refractivity (Wildman–Crippen MR) is 75.2 cm³/mol. The fourth-order valence-corrected chi connectivity index (χ4v) is 2.07. The number of nitrogens with two attached hydrogens (primary N) is 1. The quantitative estimate of drug-likeness (QED) is 0.789. The van der Waals surface area contributed by atoms with Crippen molar-refractivity contribution in [2.45, 2.75) is 26.3 Å². The van der Waals surface area contributed by atoms with Crippen LogP contribution in [0.3, 0.4) is 0 Å². The zero-order valence-electron chi connectivity index (χ0n) is 10.8. The topological polar surface area (TPSA) is 84.2 Å². The minimum Gasteiger partial charge on any atom is -0.325 e. The molecule has 1 aliphatic heterocycles. The Kier molecular flexibility index (Phi) is 3.78. The van der Waals surface area contributed by atoms with E-state index in [0.29, 0.717) is 22.8 Å². The van der Waals surface area contributed by atoms with E-state index in [1.54, 1.807) is 12.1 Å². The Morgan fingerprint density at radius 3 is 2.79 bits per heavy atom. The average molecular weight is 282 g/mol. The Hall–Kier alpha value is -1.59. The second-order valence-electron chi connectivity index (χ2n) is 4.97. The van der Waals surface area contributed by atoms with Crippen molar-refractivity contribution in [3.63, 3.8) is 0 Å². The number of rotatable bonds is 3. The molecule has 102 valence electrons. The lowest BCUT2D eigenvalue weighted by Gasteiger charge is -2.16. The molecule has 2 rings (SSSR count). The molecule has 1 heterocycles. The minimum absolute atomic E-state index is 0.0384. The van der Waals surface area contributed by atoms with Crippen molar-refractivity contribution in [2.24, 2.45) is 11.7 Å². The van der Waals surface area contributed by atoms with E-state index in [1.807, 2.05) is 13.8 Å². The third-order valence-corrected chi connectivity index (χ3v) is 3.41. The summed E-state index contributed by atoms with van der Waals surface area (Å²) in [6.45, 7) is 3.74. The van der Waals surface area contributed by atoms with Crippen molar-refractivity contribution in [3.8, 4) is 0 Å². The van der Waals surface area contributed by atoms with Crippen LogP contribution in [0, 0.1) is 5.92 Å². The molecule has 0 radical (unpaired) electrons. The third-order valence-electron chi connectivity index (χ3n) is 3.10. The Balaban J connectivity index is 2.20. The van der Waals surface area contributed by atoms with Crippen LogP contribution >= 0.6 is 11.6 Å². The molecule has 19 heavy (non-hydrogen) atoms. The van der Waals surface area contributed by atoms with E-state index in [2.05, 4.69) is 10.6 Å². The van der Waals surface area contributed by atoms with Crippen molar-refractivity contribution in [1.29, 1.82) is 0 Å². The summed E-state index contributed by atoms with van der Waals surface area (Å²) in [6.07, 6.45) is 0.297. The van der Waals surface area contributed by atoms with Gasteiger partial charge in [0.05, 0.1) is 23.2 Å². The summed E-state index contributed by atoms with van der Waals surface area (Å²) >= 11 is 6.08. The molecule has 5 nitrogen and oxygen atoms in total. The Morgan fingerprint density at radius 2 is 2.16 bits per heavy atom. The second-order valence-corrected chi connectivity index (χ2v) is 5.38. The van der Waals surface area contributed by atoms with Crippen molar-refractivity contribution in [1.82, 2.24) is 0 Å². The first kappa shape index (κ1) is 13.8. The number of anilines is 2. The molecule has 2 amide bonds. The summed E-state index contributed by atoms with van der Waals surface area (Å²) in [6, 6.07) is 2.75. The van der Waals surface area contributed by atoms with Gasteiger partial charge in [0.1, 0.15) is 0 Å². The number of fused-ring (bicyclic) bond motifs is 1. The van der Waals surface area contributed by atoms with Crippen LogP contribution in [0.15, 0.2) is 12.1 Å². The van der Waals surface area contributed by atoms with Crippen LogP contribution in [0.5, 0.6) is 0 Å². The molecule has 0 fully saturated rings. The molecular formula is C13H16ClN3O2. The van der Waals surface area contributed by atoms with Gasteiger partial charge in [0.15, 0.2) is 0 Å². The first-order chi connectivity index (χ1) is 8.88. The maximum atomic E-state index is 11.9.